The Morgan fingerprint density at radius 2 is 2.00 bits per heavy atom. The lowest BCUT2D eigenvalue weighted by Gasteiger charge is -2.04. The molecule has 0 saturated heterocycles. The molecule has 0 rings (SSSR count). The van der Waals surface area contributed by atoms with Crippen LogP contribution < -0.4 is 0 Å². The van der Waals surface area contributed by atoms with E-state index in [1.165, 1.54) is 7.11 Å². The van der Waals surface area contributed by atoms with Crippen molar-refractivity contribution in [2.45, 2.75) is 12.8 Å². The van der Waals surface area contributed by atoms with Gasteiger partial charge in [0.2, 0.25) is 0 Å². The zero-order valence-electron chi connectivity index (χ0n) is 7.17. The molecule has 0 atom stereocenters. The van der Waals surface area contributed by atoms with Crippen LogP contribution in [0.1, 0.15) is 12.8 Å². The third-order valence-corrected chi connectivity index (χ3v) is 1.57. The van der Waals surface area contributed by atoms with E-state index in [2.05, 4.69) is 4.74 Å². The number of Topliss-reactive ketones (excluding diaryl/α,β-unsaturated/α-hetero) is 1. The summed E-state index contributed by atoms with van der Waals surface area (Å²) in [5, 5.41) is 0. The fraction of sp³-hybridized carbons (Fsp3) is 0.714. The maximum Gasteiger partial charge on any atom is 0.305 e. The number of hydrogen-bond donors (Lipinski definition) is 0. The Bertz CT molecular complexity index is 170. The SMILES string of the molecule is COC(=O)CCC(=O)CN(C)I. The van der Waals surface area contributed by atoms with Crippen LogP contribution in [-0.2, 0) is 14.3 Å². The van der Waals surface area contributed by atoms with Crippen molar-refractivity contribution >= 4 is 34.6 Å². The van der Waals surface area contributed by atoms with Crippen molar-refractivity contribution in [3.05, 3.63) is 0 Å². The first-order valence-corrected chi connectivity index (χ1v) is 4.48. The van der Waals surface area contributed by atoms with Crippen LogP contribution >= 0.6 is 22.9 Å². The van der Waals surface area contributed by atoms with Crippen LogP contribution in [0.4, 0.5) is 0 Å². The van der Waals surface area contributed by atoms with Crippen molar-refractivity contribution < 1.29 is 14.3 Å². The third-order valence-electron chi connectivity index (χ3n) is 1.23. The van der Waals surface area contributed by atoms with Crippen molar-refractivity contribution in [1.82, 2.24) is 3.11 Å². The first kappa shape index (κ1) is 11.8. The van der Waals surface area contributed by atoms with Gasteiger partial charge in [0.1, 0.15) is 5.78 Å². The van der Waals surface area contributed by atoms with Crippen molar-refractivity contribution in [2.75, 3.05) is 20.7 Å². The highest BCUT2D eigenvalue weighted by Crippen LogP contribution is 1.98. The number of carbonyl (C=O) groups excluding carboxylic acids is 2. The van der Waals surface area contributed by atoms with Crippen LogP contribution in [0.2, 0.25) is 0 Å². The van der Waals surface area contributed by atoms with E-state index in [1.54, 1.807) is 10.2 Å². The Morgan fingerprint density at radius 3 is 2.42 bits per heavy atom. The van der Waals surface area contributed by atoms with Gasteiger partial charge in [0.05, 0.1) is 20.1 Å². The molecule has 0 aromatic rings. The van der Waals surface area contributed by atoms with Gasteiger partial charge in [-0.2, -0.15) is 0 Å². The molecule has 0 radical (unpaired) electrons. The van der Waals surface area contributed by atoms with Gasteiger partial charge >= 0.3 is 5.97 Å². The summed E-state index contributed by atoms with van der Waals surface area (Å²) in [5.41, 5.74) is 0. The Hall–Kier alpha value is -0.170. The molecular formula is C7H12INO3. The standard InChI is InChI=1S/C7H12INO3/c1-9(8)5-6(10)3-4-7(11)12-2/h3-5H2,1-2H3. The van der Waals surface area contributed by atoms with Crippen LogP contribution in [0.5, 0.6) is 0 Å². The number of nitrogens with zero attached hydrogens (tertiary/aromatic N) is 1. The highest BCUT2D eigenvalue weighted by Gasteiger charge is 2.07. The van der Waals surface area contributed by atoms with E-state index in [9.17, 15) is 9.59 Å². The Balaban J connectivity index is 3.51. The molecule has 0 spiro atoms. The number of likely N-dealkylation sites (N-methyl/N-ethyl adjacent to an activating group) is 1. The molecule has 0 aromatic carbocycles. The van der Waals surface area contributed by atoms with Crippen molar-refractivity contribution in [3.8, 4) is 0 Å². The van der Waals surface area contributed by atoms with E-state index in [-0.39, 0.29) is 24.6 Å². The third kappa shape index (κ3) is 6.53. The van der Waals surface area contributed by atoms with E-state index in [0.717, 1.165) is 0 Å². The highest BCUT2D eigenvalue weighted by atomic mass is 127. The minimum Gasteiger partial charge on any atom is -0.469 e. The first-order chi connectivity index (χ1) is 5.56. The van der Waals surface area contributed by atoms with E-state index in [0.29, 0.717) is 6.54 Å². The lowest BCUT2D eigenvalue weighted by Crippen LogP contribution is -2.17. The summed E-state index contributed by atoms with van der Waals surface area (Å²) in [5.74, 6) is -0.281. The molecule has 0 unspecified atom stereocenters. The number of methoxy groups -OCH3 is 1. The predicted molar refractivity (Wildman–Crippen MR) is 52.9 cm³/mol. The molecule has 0 aliphatic carbocycles. The van der Waals surface area contributed by atoms with E-state index < -0.39 is 0 Å². The molecule has 0 aliphatic rings. The summed E-state index contributed by atoms with van der Waals surface area (Å²) in [6.07, 6.45) is 0.444. The first-order valence-electron chi connectivity index (χ1n) is 3.51. The Labute approximate surface area is 85.7 Å². The number of ketones is 1. The van der Waals surface area contributed by atoms with Crippen LogP contribution in [-0.4, -0.2) is 35.6 Å². The summed E-state index contributed by atoms with van der Waals surface area (Å²) >= 11 is 2.02. The molecule has 0 N–H and O–H groups in total. The van der Waals surface area contributed by atoms with Gasteiger partial charge in [0.15, 0.2) is 0 Å². The minimum atomic E-state index is -0.334. The molecule has 0 bridgehead atoms. The second-order valence-electron chi connectivity index (χ2n) is 2.38. The summed E-state index contributed by atoms with van der Waals surface area (Å²) < 4.78 is 6.15. The van der Waals surface area contributed by atoms with Crippen LogP contribution in [0.3, 0.4) is 0 Å². The van der Waals surface area contributed by atoms with Gasteiger partial charge in [-0.25, -0.2) is 3.11 Å². The molecule has 0 heterocycles. The van der Waals surface area contributed by atoms with Gasteiger partial charge in [-0.15, -0.1) is 0 Å². The molecule has 0 aliphatic heterocycles. The fourth-order valence-corrected chi connectivity index (χ4v) is 1.05. The van der Waals surface area contributed by atoms with Crippen molar-refractivity contribution in [2.24, 2.45) is 0 Å². The number of ether oxygens (including phenoxy) is 1. The fourth-order valence-electron chi connectivity index (χ4n) is 0.666. The molecule has 0 aromatic heterocycles. The zero-order chi connectivity index (χ0) is 9.56. The van der Waals surface area contributed by atoms with Gasteiger partial charge in [-0.05, 0) is 7.05 Å². The summed E-state index contributed by atoms with van der Waals surface area (Å²) in [7, 11) is 3.12. The monoisotopic (exact) mass is 285 g/mol. The summed E-state index contributed by atoms with van der Waals surface area (Å²) in [4.78, 5) is 21.6. The van der Waals surface area contributed by atoms with E-state index >= 15 is 0 Å². The van der Waals surface area contributed by atoms with Crippen LogP contribution in [0, 0.1) is 0 Å². The lowest BCUT2D eigenvalue weighted by molar-refractivity contribution is -0.141. The summed E-state index contributed by atoms with van der Waals surface area (Å²) in [6.45, 7) is 0.373. The summed E-state index contributed by atoms with van der Waals surface area (Å²) in [6, 6.07) is 0. The van der Waals surface area contributed by atoms with E-state index in [1.807, 2.05) is 22.9 Å². The number of hydrogen-bond acceptors (Lipinski definition) is 4. The average Bonchev–Trinajstić information content (AvgIpc) is 1.99. The van der Waals surface area contributed by atoms with Gasteiger partial charge in [0.25, 0.3) is 0 Å². The number of halogens is 1. The Kier molecular flexibility index (Phi) is 6.27. The molecule has 0 fully saturated rings. The predicted octanol–water partition coefficient (Wildman–Crippen LogP) is 0.790. The lowest BCUT2D eigenvalue weighted by atomic mass is 10.2. The van der Waals surface area contributed by atoms with Crippen LogP contribution in [0.25, 0.3) is 0 Å². The highest BCUT2D eigenvalue weighted by molar-refractivity contribution is 14.1. The average molecular weight is 285 g/mol. The number of esters is 1. The molecular weight excluding hydrogens is 273 g/mol. The minimum absolute atomic E-state index is 0.0531. The molecule has 4 nitrogen and oxygen atoms in total. The second-order valence-corrected chi connectivity index (χ2v) is 4.02. The molecule has 70 valence electrons. The van der Waals surface area contributed by atoms with E-state index in [4.69, 9.17) is 0 Å². The van der Waals surface area contributed by atoms with Gasteiger partial charge in [-0.3, -0.25) is 9.59 Å². The smallest absolute Gasteiger partial charge is 0.305 e. The molecule has 0 saturated carbocycles. The molecule has 0 amide bonds. The zero-order valence-corrected chi connectivity index (χ0v) is 9.33. The molecule has 5 heteroatoms. The quantitative estimate of drug-likeness (QED) is 0.426. The number of rotatable bonds is 5. The second kappa shape index (κ2) is 6.36. The van der Waals surface area contributed by atoms with Crippen molar-refractivity contribution in [3.63, 3.8) is 0 Å². The largest absolute Gasteiger partial charge is 0.469 e. The van der Waals surface area contributed by atoms with Gasteiger partial charge in [-0.1, -0.05) is 0 Å². The maximum absolute atomic E-state index is 11.0. The number of carbonyl (C=O) groups is 2. The van der Waals surface area contributed by atoms with Gasteiger partial charge < -0.3 is 4.74 Å². The normalized spacial score (nSPS) is 10.0. The van der Waals surface area contributed by atoms with Gasteiger partial charge in [0, 0.05) is 29.3 Å². The Morgan fingerprint density at radius 1 is 1.42 bits per heavy atom. The molecule has 12 heavy (non-hydrogen) atoms. The topological polar surface area (TPSA) is 46.6 Å². The van der Waals surface area contributed by atoms with Crippen LogP contribution in [0.15, 0.2) is 0 Å². The van der Waals surface area contributed by atoms with Crippen molar-refractivity contribution in [1.29, 1.82) is 0 Å². The maximum atomic E-state index is 11.0.